The first-order valence-electron chi connectivity index (χ1n) is 7.41. The van der Waals surface area contributed by atoms with Gasteiger partial charge in [-0.2, -0.15) is 4.31 Å². The molecule has 1 aromatic carbocycles. The number of hydrogen-bond acceptors (Lipinski definition) is 6. The van der Waals surface area contributed by atoms with Gasteiger partial charge in [-0.25, -0.2) is 8.42 Å². The average Bonchev–Trinajstić information content (AvgIpc) is 2.59. The summed E-state index contributed by atoms with van der Waals surface area (Å²) in [5.41, 5.74) is 0.167. The second-order valence-corrected chi connectivity index (χ2v) is 6.93. The lowest BCUT2D eigenvalue weighted by atomic mass is 10.2. The van der Waals surface area contributed by atoms with Gasteiger partial charge in [0.05, 0.1) is 18.1 Å². The van der Waals surface area contributed by atoms with Crippen LogP contribution in [0.15, 0.2) is 29.2 Å². The van der Waals surface area contributed by atoms with Crippen LogP contribution in [0.25, 0.3) is 0 Å². The van der Waals surface area contributed by atoms with Gasteiger partial charge in [0.1, 0.15) is 6.54 Å². The van der Waals surface area contributed by atoms with E-state index in [2.05, 4.69) is 5.32 Å². The normalized spacial score (nSPS) is 11.5. The number of methoxy groups -OCH3 is 2. The maximum absolute atomic E-state index is 12.7. The summed E-state index contributed by atoms with van der Waals surface area (Å²) < 4.78 is 36.5. The first kappa shape index (κ1) is 21.0. The summed E-state index contributed by atoms with van der Waals surface area (Å²) in [4.78, 5) is 22.2. The molecule has 1 aromatic rings. The zero-order valence-electron chi connectivity index (χ0n) is 14.1. The molecule has 0 aliphatic carbocycles. The molecule has 0 bridgehead atoms. The fraction of sp³-hybridized carbons (Fsp3) is 0.467. The van der Waals surface area contributed by atoms with Gasteiger partial charge >= 0.3 is 5.97 Å². The zero-order valence-corrected chi connectivity index (χ0v) is 14.9. The van der Waals surface area contributed by atoms with E-state index in [1.54, 1.807) is 0 Å². The van der Waals surface area contributed by atoms with E-state index in [1.807, 2.05) is 0 Å². The first-order valence-corrected chi connectivity index (χ1v) is 8.85. The summed E-state index contributed by atoms with van der Waals surface area (Å²) in [5, 5.41) is 10.7. The minimum absolute atomic E-state index is 0.0227. The highest BCUT2D eigenvalue weighted by molar-refractivity contribution is 7.89. The van der Waals surface area contributed by atoms with Crippen molar-refractivity contribution >= 4 is 21.9 Å². The molecule has 10 heteroatoms. The average molecular weight is 374 g/mol. The van der Waals surface area contributed by atoms with Crippen LogP contribution in [0.1, 0.15) is 10.4 Å². The molecule has 0 fully saturated rings. The zero-order chi connectivity index (χ0) is 18.9. The van der Waals surface area contributed by atoms with Crippen molar-refractivity contribution in [3.8, 4) is 0 Å². The van der Waals surface area contributed by atoms with Crippen molar-refractivity contribution in [3.05, 3.63) is 29.8 Å². The third kappa shape index (κ3) is 6.42. The predicted octanol–water partition coefficient (Wildman–Crippen LogP) is -0.215. The molecule has 0 unspecified atom stereocenters. The lowest BCUT2D eigenvalue weighted by Gasteiger charge is -2.21. The maximum Gasteiger partial charge on any atom is 0.322 e. The van der Waals surface area contributed by atoms with Crippen LogP contribution in [0, 0.1) is 0 Å². The minimum Gasteiger partial charge on any atom is -0.480 e. The number of nitrogens with zero attached hydrogens (tertiary/aromatic N) is 1. The number of rotatable bonds is 11. The molecule has 2 N–H and O–H groups in total. The van der Waals surface area contributed by atoms with Crippen LogP contribution in [-0.2, 0) is 24.3 Å². The Hall–Kier alpha value is -2.01. The number of benzene rings is 1. The van der Waals surface area contributed by atoms with E-state index in [-0.39, 0.29) is 36.8 Å². The third-order valence-electron chi connectivity index (χ3n) is 3.24. The largest absolute Gasteiger partial charge is 0.480 e. The summed E-state index contributed by atoms with van der Waals surface area (Å²) in [6, 6.07) is 5.26. The van der Waals surface area contributed by atoms with Crippen LogP contribution in [0.3, 0.4) is 0 Å². The number of carbonyl (C=O) groups is 2. The van der Waals surface area contributed by atoms with Gasteiger partial charge in [0.2, 0.25) is 10.0 Å². The van der Waals surface area contributed by atoms with E-state index in [1.165, 1.54) is 42.8 Å². The molecular formula is C15H22N2O7S. The van der Waals surface area contributed by atoms with Crippen molar-refractivity contribution in [2.24, 2.45) is 0 Å². The van der Waals surface area contributed by atoms with Crippen LogP contribution in [-0.4, -0.2) is 76.8 Å². The molecule has 1 rings (SSSR count). The van der Waals surface area contributed by atoms with Crippen LogP contribution >= 0.6 is 0 Å². The lowest BCUT2D eigenvalue weighted by molar-refractivity contribution is -0.135. The summed E-state index contributed by atoms with van der Waals surface area (Å²) in [6.45, 7) is 0.296. The van der Waals surface area contributed by atoms with Crippen molar-refractivity contribution in [3.63, 3.8) is 0 Å². The molecule has 0 radical (unpaired) electrons. The quantitative estimate of drug-likeness (QED) is 0.549. The van der Waals surface area contributed by atoms with Gasteiger partial charge in [-0.15, -0.1) is 0 Å². The number of carboxylic acids is 1. The Kier molecular flexibility index (Phi) is 8.49. The Morgan fingerprint density at radius 2 is 1.60 bits per heavy atom. The molecule has 9 nitrogen and oxygen atoms in total. The molecule has 0 aliphatic rings. The Labute approximate surface area is 146 Å². The molecule has 0 saturated heterocycles. The molecule has 0 heterocycles. The predicted molar refractivity (Wildman–Crippen MR) is 88.9 cm³/mol. The molecule has 0 spiro atoms. The van der Waals surface area contributed by atoms with Crippen LogP contribution < -0.4 is 5.32 Å². The van der Waals surface area contributed by atoms with Gasteiger partial charge in [-0.05, 0) is 24.3 Å². The number of sulfonamides is 1. The number of carboxylic acid groups (broad SMARTS) is 1. The van der Waals surface area contributed by atoms with Gasteiger partial charge < -0.3 is 19.9 Å². The van der Waals surface area contributed by atoms with Gasteiger partial charge in [-0.3, -0.25) is 9.59 Å². The molecule has 140 valence electrons. The van der Waals surface area contributed by atoms with Crippen molar-refractivity contribution in [1.82, 2.24) is 9.62 Å². The van der Waals surface area contributed by atoms with Gasteiger partial charge in [0.15, 0.2) is 0 Å². The number of aliphatic carboxylic acids is 1. The van der Waals surface area contributed by atoms with Crippen LogP contribution in [0.4, 0.5) is 0 Å². The number of ether oxygens (including phenoxy) is 2. The summed E-state index contributed by atoms with van der Waals surface area (Å²) in [6.07, 6.45) is 0. The second kappa shape index (κ2) is 10.1. The summed E-state index contributed by atoms with van der Waals surface area (Å²) in [7, 11) is -0.811. The first-order chi connectivity index (χ1) is 11.8. The molecule has 0 saturated carbocycles. The van der Waals surface area contributed by atoms with E-state index in [0.29, 0.717) is 0 Å². The highest BCUT2D eigenvalue weighted by atomic mass is 32.2. The van der Waals surface area contributed by atoms with E-state index < -0.39 is 28.4 Å². The Morgan fingerprint density at radius 1 is 1.08 bits per heavy atom. The second-order valence-electron chi connectivity index (χ2n) is 4.99. The Balaban J connectivity index is 2.92. The summed E-state index contributed by atoms with van der Waals surface area (Å²) in [5.74, 6) is -1.76. The number of hydrogen-bond donors (Lipinski definition) is 2. The van der Waals surface area contributed by atoms with E-state index >= 15 is 0 Å². The number of nitrogens with one attached hydrogen (secondary N) is 1. The van der Waals surface area contributed by atoms with Gasteiger partial charge in [-0.1, -0.05) is 0 Å². The molecule has 0 aliphatic heterocycles. The third-order valence-corrected chi connectivity index (χ3v) is 5.16. The van der Waals surface area contributed by atoms with Gasteiger partial charge in [0.25, 0.3) is 5.91 Å². The number of amides is 1. The van der Waals surface area contributed by atoms with Crippen molar-refractivity contribution in [2.75, 3.05) is 47.1 Å². The summed E-state index contributed by atoms with van der Waals surface area (Å²) >= 11 is 0. The minimum atomic E-state index is -3.77. The fourth-order valence-corrected chi connectivity index (χ4v) is 3.33. The van der Waals surface area contributed by atoms with Crippen LogP contribution in [0.5, 0.6) is 0 Å². The SMILES string of the molecule is COCCN(CCOC)S(=O)(=O)c1ccc(C(=O)NCC(=O)O)cc1. The fourth-order valence-electron chi connectivity index (χ4n) is 1.92. The van der Waals surface area contributed by atoms with Crippen LogP contribution in [0.2, 0.25) is 0 Å². The molecule has 0 aromatic heterocycles. The van der Waals surface area contributed by atoms with Crippen molar-refractivity contribution < 1.29 is 32.6 Å². The molecule has 0 atom stereocenters. The standard InChI is InChI=1S/C15H22N2O7S/c1-23-9-7-17(8-10-24-2)25(21,22)13-5-3-12(4-6-13)15(20)16-11-14(18)19/h3-6H,7-11H2,1-2H3,(H,16,20)(H,18,19). The highest BCUT2D eigenvalue weighted by Crippen LogP contribution is 2.16. The van der Waals surface area contributed by atoms with E-state index in [0.717, 1.165) is 0 Å². The smallest absolute Gasteiger partial charge is 0.322 e. The maximum atomic E-state index is 12.7. The molecule has 1 amide bonds. The van der Waals surface area contributed by atoms with Crippen molar-refractivity contribution in [2.45, 2.75) is 4.90 Å². The lowest BCUT2D eigenvalue weighted by Crippen LogP contribution is -2.36. The Bertz CT molecular complexity index is 666. The monoisotopic (exact) mass is 374 g/mol. The van der Waals surface area contributed by atoms with Gasteiger partial charge in [0, 0.05) is 32.9 Å². The Morgan fingerprint density at radius 3 is 2.04 bits per heavy atom. The van der Waals surface area contributed by atoms with E-state index in [4.69, 9.17) is 14.6 Å². The molecule has 25 heavy (non-hydrogen) atoms. The topological polar surface area (TPSA) is 122 Å². The molecular weight excluding hydrogens is 352 g/mol. The van der Waals surface area contributed by atoms with Crippen molar-refractivity contribution in [1.29, 1.82) is 0 Å². The van der Waals surface area contributed by atoms with E-state index in [9.17, 15) is 18.0 Å². The highest BCUT2D eigenvalue weighted by Gasteiger charge is 2.24. The number of carbonyl (C=O) groups excluding carboxylic acids is 1.